The summed E-state index contributed by atoms with van der Waals surface area (Å²) in [7, 11) is -0.580. The molecule has 1 atom stereocenters. The molecule has 5 aromatic rings. The van der Waals surface area contributed by atoms with E-state index in [1.165, 1.54) is 25.8 Å². The molecule has 13 nitrogen and oxygen atoms in total. The third-order valence-corrected chi connectivity index (χ3v) is 13.0. The summed E-state index contributed by atoms with van der Waals surface area (Å²) < 4.78 is 43.2. The number of fused-ring (bicyclic) bond motifs is 5. The van der Waals surface area contributed by atoms with E-state index < -0.39 is 21.2 Å². The Balaban J connectivity index is 0.00000567. The predicted octanol–water partition coefficient (Wildman–Crippen LogP) is 7.50. The molecule has 1 aliphatic carbocycles. The molecule has 1 fully saturated rings. The molecule has 0 saturated heterocycles. The Morgan fingerprint density at radius 3 is 2.44 bits per heavy atom. The van der Waals surface area contributed by atoms with E-state index in [1.807, 2.05) is 32.0 Å². The van der Waals surface area contributed by atoms with Crippen LogP contribution in [-0.2, 0) is 21.3 Å². The zero-order valence-electron chi connectivity index (χ0n) is 33.5. The molecular weight excluding hydrogens is 743 g/mol. The fourth-order valence-corrected chi connectivity index (χ4v) is 8.75. The number of allylic oxidation sites excluding steroid dienone is 1. The van der Waals surface area contributed by atoms with Crippen LogP contribution in [0, 0.1) is 0 Å². The van der Waals surface area contributed by atoms with E-state index in [1.54, 1.807) is 60.6 Å². The molecule has 0 bridgehead atoms. The van der Waals surface area contributed by atoms with Gasteiger partial charge >= 0.3 is 0 Å². The molecule has 2 aromatic carbocycles. The number of ether oxygens (including phenoxy) is 2. The second-order valence-electron chi connectivity index (χ2n) is 15.0. The summed E-state index contributed by atoms with van der Waals surface area (Å²) in [6, 6.07) is 13.2. The van der Waals surface area contributed by atoms with Gasteiger partial charge in [-0.3, -0.25) is 9.59 Å². The number of nitrogens with one attached hydrogen (secondary N) is 1. The number of benzene rings is 2. The van der Waals surface area contributed by atoms with Gasteiger partial charge in [0.2, 0.25) is 10.0 Å². The second-order valence-corrected chi connectivity index (χ2v) is 17.3. The van der Waals surface area contributed by atoms with E-state index in [2.05, 4.69) is 31.4 Å². The Morgan fingerprint density at radius 2 is 1.77 bits per heavy atom. The highest BCUT2D eigenvalue weighted by atomic mass is 32.2. The molecule has 0 unspecified atom stereocenters. The van der Waals surface area contributed by atoms with Crippen LogP contribution in [-0.4, -0.2) is 88.1 Å². The zero-order chi connectivity index (χ0) is 40.4. The van der Waals surface area contributed by atoms with Crippen molar-refractivity contribution >= 4 is 44.4 Å². The fraction of sp³-hybridized carbons (Fsp3) is 0.419. The number of carbonyl (C=O) groups excluding carboxylic acids is 2. The molecule has 1 N–H and O–H groups in total. The fourth-order valence-electron chi connectivity index (χ4n) is 8.14. The SMILES string of the molecule is CC[C@H](CN(CC)C(=O)c1cnn(-c2ncccn2)c1C1=Cc2cc(OC)ccc2-c2c(C3CCCCC3)c3ccc(C(=O)NS(=O)(=O)C(C)C)cc3n2C1)OC.[HH]. The zero-order valence-corrected chi connectivity index (χ0v) is 34.3. The molecular formula is C43H53N7O6S. The largest absolute Gasteiger partial charge is 0.497 e. The molecule has 57 heavy (non-hydrogen) atoms. The van der Waals surface area contributed by atoms with E-state index >= 15 is 0 Å². The number of hydrogen-bond donors (Lipinski definition) is 1. The van der Waals surface area contributed by atoms with E-state index in [0.29, 0.717) is 36.0 Å². The van der Waals surface area contributed by atoms with Gasteiger partial charge in [-0.05, 0) is 105 Å². The third kappa shape index (κ3) is 7.72. The lowest BCUT2D eigenvalue weighted by molar-refractivity contribution is 0.0480. The van der Waals surface area contributed by atoms with Crippen molar-refractivity contribution in [3.05, 3.63) is 89.0 Å². The Morgan fingerprint density at radius 1 is 1.02 bits per heavy atom. The summed E-state index contributed by atoms with van der Waals surface area (Å²) in [6.45, 7) is 8.19. The quantitative estimate of drug-likeness (QED) is 0.128. The highest BCUT2D eigenvalue weighted by Gasteiger charge is 2.33. The summed E-state index contributed by atoms with van der Waals surface area (Å²) in [5, 5.41) is 4.97. The standard InChI is InChI=1S/C43H51N7O6S.H2/c1-7-32(55-5)26-48(8-2)42(52)36-24-46-50(43-44-19-12-20-45-43)39(36)31-21-30-22-33(56-6)16-18-34(30)40-38(28-13-10-9-11-14-28)35-17-15-29(23-37(35)49(40)25-31)41(51)47-57(53,54)27(3)4;/h12,15-24,27-28,32H,7-11,13-14,25-26H2,1-6H3,(H,47,51);1H/t32-;/m1./s1. The Hall–Kier alpha value is -5.34. The molecule has 3 aromatic heterocycles. The molecule has 302 valence electrons. The topological polar surface area (TPSA) is 151 Å². The van der Waals surface area contributed by atoms with Gasteiger partial charge in [0.05, 0.1) is 48.2 Å². The van der Waals surface area contributed by atoms with Crippen LogP contribution in [0.2, 0.25) is 0 Å². The van der Waals surface area contributed by atoms with E-state index in [9.17, 15) is 18.0 Å². The summed E-state index contributed by atoms with van der Waals surface area (Å²) in [4.78, 5) is 39.1. The summed E-state index contributed by atoms with van der Waals surface area (Å²) in [5.74, 6) is 0.354. The van der Waals surface area contributed by atoms with Gasteiger partial charge in [-0.25, -0.2) is 23.1 Å². The van der Waals surface area contributed by atoms with Crippen molar-refractivity contribution in [3.8, 4) is 23.0 Å². The van der Waals surface area contributed by atoms with Crippen molar-refractivity contribution in [2.45, 2.75) is 90.0 Å². The molecule has 1 saturated carbocycles. The average molecular weight is 796 g/mol. The van der Waals surface area contributed by atoms with E-state index in [-0.39, 0.29) is 31.5 Å². The van der Waals surface area contributed by atoms with Crippen molar-refractivity contribution < 1.29 is 28.9 Å². The summed E-state index contributed by atoms with van der Waals surface area (Å²) >= 11 is 0. The third-order valence-electron chi connectivity index (χ3n) is 11.3. The second kappa shape index (κ2) is 16.6. The van der Waals surface area contributed by atoms with Crippen molar-refractivity contribution in [1.29, 1.82) is 0 Å². The molecule has 2 aliphatic rings. The summed E-state index contributed by atoms with van der Waals surface area (Å²) in [6.07, 6.45) is 13.0. The van der Waals surface area contributed by atoms with Crippen LogP contribution in [0.15, 0.2) is 61.1 Å². The monoisotopic (exact) mass is 795 g/mol. The Kier molecular flexibility index (Phi) is 11.6. The average Bonchev–Trinajstić information content (AvgIpc) is 3.76. The van der Waals surface area contributed by atoms with Crippen molar-refractivity contribution in [1.82, 2.24) is 33.9 Å². The normalized spacial score (nSPS) is 15.1. The number of amides is 2. The Labute approximate surface area is 335 Å². The maximum absolute atomic E-state index is 14.7. The minimum Gasteiger partial charge on any atom is -0.497 e. The van der Waals surface area contributed by atoms with Gasteiger partial charge in [0.1, 0.15) is 5.75 Å². The lowest BCUT2D eigenvalue weighted by atomic mass is 9.81. The number of methoxy groups -OCH3 is 2. The number of sulfonamides is 1. The highest BCUT2D eigenvalue weighted by Crippen LogP contribution is 2.48. The van der Waals surface area contributed by atoms with Crippen LogP contribution in [0.3, 0.4) is 0 Å². The molecule has 4 heterocycles. The molecule has 1 aliphatic heterocycles. The van der Waals surface area contributed by atoms with E-state index in [0.717, 1.165) is 65.4 Å². The van der Waals surface area contributed by atoms with Crippen LogP contribution in [0.5, 0.6) is 5.75 Å². The number of hydrogen-bond acceptors (Lipinski definition) is 9. The minimum atomic E-state index is -3.88. The van der Waals surface area contributed by atoms with Gasteiger partial charge in [-0.15, -0.1) is 0 Å². The van der Waals surface area contributed by atoms with Crippen LogP contribution in [0.25, 0.3) is 39.8 Å². The first-order chi connectivity index (χ1) is 27.5. The van der Waals surface area contributed by atoms with Crippen LogP contribution >= 0.6 is 0 Å². The van der Waals surface area contributed by atoms with Gasteiger partial charge in [-0.1, -0.05) is 32.3 Å². The molecule has 0 radical (unpaired) electrons. The first-order valence-electron chi connectivity index (χ1n) is 19.8. The van der Waals surface area contributed by atoms with Crippen molar-refractivity contribution in [3.63, 3.8) is 0 Å². The first kappa shape index (κ1) is 39.9. The number of rotatable bonds is 13. The highest BCUT2D eigenvalue weighted by molar-refractivity contribution is 7.90. The van der Waals surface area contributed by atoms with Crippen molar-refractivity contribution in [2.24, 2.45) is 0 Å². The number of carbonyl (C=O) groups is 2. The predicted molar refractivity (Wildman–Crippen MR) is 223 cm³/mol. The number of aromatic nitrogens is 5. The smallest absolute Gasteiger partial charge is 0.264 e. The maximum atomic E-state index is 14.7. The Bertz CT molecular complexity index is 2430. The van der Waals surface area contributed by atoms with Crippen LogP contribution in [0.1, 0.15) is 111 Å². The molecule has 2 amide bonds. The van der Waals surface area contributed by atoms with Crippen molar-refractivity contribution in [2.75, 3.05) is 27.3 Å². The van der Waals surface area contributed by atoms with Crippen LogP contribution in [0.4, 0.5) is 0 Å². The minimum absolute atomic E-state index is 0. The molecule has 7 rings (SSSR count). The van der Waals surface area contributed by atoms with Gasteiger partial charge in [-0.2, -0.15) is 9.78 Å². The van der Waals surface area contributed by atoms with E-state index in [4.69, 9.17) is 14.6 Å². The summed E-state index contributed by atoms with van der Waals surface area (Å²) in [5.41, 5.74) is 6.78. The lowest BCUT2D eigenvalue weighted by Crippen LogP contribution is -2.38. The van der Waals surface area contributed by atoms with Crippen LogP contribution < -0.4 is 9.46 Å². The number of likely N-dealkylation sites (N-methyl/N-ethyl adjacent to an activating group) is 1. The molecule has 14 heteroatoms. The van der Waals surface area contributed by atoms with Gasteiger partial charge in [0, 0.05) is 56.0 Å². The maximum Gasteiger partial charge on any atom is 0.264 e. The lowest BCUT2D eigenvalue weighted by Gasteiger charge is -2.25. The molecule has 0 spiro atoms. The van der Waals surface area contributed by atoms with Gasteiger partial charge in [0.25, 0.3) is 17.8 Å². The number of nitrogens with zero attached hydrogens (tertiary/aromatic N) is 6. The van der Waals surface area contributed by atoms with Gasteiger partial charge < -0.3 is 18.9 Å². The van der Waals surface area contributed by atoms with Gasteiger partial charge in [0.15, 0.2) is 0 Å². The first-order valence-corrected chi connectivity index (χ1v) is 21.3.